The first-order valence-electron chi connectivity index (χ1n) is 7.94. The number of esters is 2. The Morgan fingerprint density at radius 1 is 1.16 bits per heavy atom. The highest BCUT2D eigenvalue weighted by Gasteiger charge is 2.24. The molecule has 2 rings (SSSR count). The van der Waals surface area contributed by atoms with Gasteiger partial charge in [0.15, 0.2) is 0 Å². The molecule has 1 atom stereocenters. The molecule has 2 aromatic rings. The summed E-state index contributed by atoms with van der Waals surface area (Å²) in [6.45, 7) is 3.86. The van der Waals surface area contributed by atoms with Gasteiger partial charge in [-0.3, -0.25) is 4.79 Å². The zero-order valence-corrected chi connectivity index (χ0v) is 14.8. The molecule has 0 saturated heterocycles. The van der Waals surface area contributed by atoms with Gasteiger partial charge in [0.05, 0.1) is 13.2 Å². The van der Waals surface area contributed by atoms with Crippen LogP contribution in [0.1, 0.15) is 30.0 Å². The van der Waals surface area contributed by atoms with Crippen molar-refractivity contribution in [3.8, 4) is 11.3 Å². The maximum atomic E-state index is 12.2. The number of ether oxygens (including phenoxy) is 2. The number of hydrogen-bond acceptors (Lipinski definition) is 6. The van der Waals surface area contributed by atoms with Crippen molar-refractivity contribution < 1.29 is 23.5 Å². The third-order valence-electron chi connectivity index (χ3n) is 3.43. The number of benzene rings is 1. The summed E-state index contributed by atoms with van der Waals surface area (Å²) in [6.07, 6.45) is 0.0283. The molecule has 0 fully saturated rings. The number of furan rings is 1. The molecular formula is C18H20ClNO5. The van der Waals surface area contributed by atoms with Crippen molar-refractivity contribution in [3.05, 3.63) is 46.7 Å². The average molecular weight is 366 g/mol. The summed E-state index contributed by atoms with van der Waals surface area (Å²) >= 11 is 5.89. The van der Waals surface area contributed by atoms with Crippen molar-refractivity contribution in [2.45, 2.75) is 26.3 Å². The summed E-state index contributed by atoms with van der Waals surface area (Å²) in [6, 6.07) is 7.61. The molecule has 1 aromatic carbocycles. The number of carbonyl (C=O) groups excluding carboxylic acids is 2. The van der Waals surface area contributed by atoms with Crippen LogP contribution in [0.4, 0.5) is 0 Å². The Hall–Kier alpha value is -2.31. The lowest BCUT2D eigenvalue weighted by Crippen LogP contribution is -2.34. The SMILES string of the molecule is CCOC(=O)c1cc(-c2ccc(Cl)cc2)oc1CC(N)C(=O)OCC. The van der Waals surface area contributed by atoms with E-state index in [1.165, 1.54) is 0 Å². The Bertz CT molecular complexity index is 738. The average Bonchev–Trinajstić information content (AvgIpc) is 2.99. The van der Waals surface area contributed by atoms with Gasteiger partial charge < -0.3 is 19.6 Å². The summed E-state index contributed by atoms with van der Waals surface area (Å²) < 4.78 is 15.7. The fourth-order valence-corrected chi connectivity index (χ4v) is 2.38. The highest BCUT2D eigenvalue weighted by molar-refractivity contribution is 6.30. The molecule has 1 aromatic heterocycles. The molecule has 0 bridgehead atoms. The monoisotopic (exact) mass is 365 g/mol. The number of halogens is 1. The van der Waals surface area contributed by atoms with E-state index >= 15 is 0 Å². The van der Waals surface area contributed by atoms with Crippen LogP contribution >= 0.6 is 11.6 Å². The van der Waals surface area contributed by atoms with Crippen LogP contribution in [0.25, 0.3) is 11.3 Å². The second-order valence-electron chi connectivity index (χ2n) is 5.24. The second-order valence-corrected chi connectivity index (χ2v) is 5.67. The van der Waals surface area contributed by atoms with Crippen molar-refractivity contribution in [1.82, 2.24) is 0 Å². The first kappa shape index (κ1) is 19.0. The molecule has 7 heteroatoms. The standard InChI is InChI=1S/C18H20ClNO5/c1-3-23-17(21)13-9-15(11-5-7-12(19)8-6-11)25-16(13)10-14(20)18(22)24-4-2/h5-9,14H,3-4,10,20H2,1-2H3. The Morgan fingerprint density at radius 3 is 2.40 bits per heavy atom. The minimum Gasteiger partial charge on any atom is -0.465 e. The molecule has 0 aliphatic rings. The molecule has 6 nitrogen and oxygen atoms in total. The maximum absolute atomic E-state index is 12.2. The van der Waals surface area contributed by atoms with Crippen molar-refractivity contribution in [2.75, 3.05) is 13.2 Å². The molecular weight excluding hydrogens is 346 g/mol. The molecule has 134 valence electrons. The highest BCUT2D eigenvalue weighted by Crippen LogP contribution is 2.28. The normalized spacial score (nSPS) is 11.8. The molecule has 1 heterocycles. The summed E-state index contributed by atoms with van der Waals surface area (Å²) in [5.41, 5.74) is 6.83. The molecule has 0 saturated carbocycles. The molecule has 0 aliphatic carbocycles. The van der Waals surface area contributed by atoms with Gasteiger partial charge in [0.25, 0.3) is 0 Å². The number of rotatable bonds is 7. The summed E-state index contributed by atoms with van der Waals surface area (Å²) in [5, 5.41) is 0.588. The van der Waals surface area contributed by atoms with E-state index in [0.717, 1.165) is 5.56 Å². The Morgan fingerprint density at radius 2 is 1.80 bits per heavy atom. The van der Waals surface area contributed by atoms with Gasteiger partial charge in [-0.25, -0.2) is 4.79 Å². The van der Waals surface area contributed by atoms with E-state index in [9.17, 15) is 9.59 Å². The van der Waals surface area contributed by atoms with Gasteiger partial charge in [-0.05, 0) is 44.2 Å². The first-order valence-corrected chi connectivity index (χ1v) is 8.32. The third-order valence-corrected chi connectivity index (χ3v) is 3.68. The maximum Gasteiger partial charge on any atom is 0.341 e. The summed E-state index contributed by atoms with van der Waals surface area (Å²) in [5.74, 6) is -0.339. The largest absolute Gasteiger partial charge is 0.465 e. The lowest BCUT2D eigenvalue weighted by atomic mass is 10.1. The first-order chi connectivity index (χ1) is 12.0. The fourth-order valence-electron chi connectivity index (χ4n) is 2.25. The zero-order valence-electron chi connectivity index (χ0n) is 14.1. The topological polar surface area (TPSA) is 91.8 Å². The third kappa shape index (κ3) is 4.84. The minimum absolute atomic E-state index is 0.0283. The quantitative estimate of drug-likeness (QED) is 0.757. The van der Waals surface area contributed by atoms with Gasteiger partial charge in [-0.1, -0.05) is 11.6 Å². The van der Waals surface area contributed by atoms with Crippen LogP contribution in [0.5, 0.6) is 0 Å². The lowest BCUT2D eigenvalue weighted by molar-refractivity contribution is -0.144. The van der Waals surface area contributed by atoms with Crippen LogP contribution in [-0.2, 0) is 20.7 Å². The number of carbonyl (C=O) groups is 2. The van der Waals surface area contributed by atoms with Crippen LogP contribution in [-0.4, -0.2) is 31.2 Å². The predicted octanol–water partition coefficient (Wildman–Crippen LogP) is 3.21. The van der Waals surface area contributed by atoms with E-state index in [4.69, 9.17) is 31.2 Å². The summed E-state index contributed by atoms with van der Waals surface area (Å²) in [4.78, 5) is 23.9. The van der Waals surface area contributed by atoms with Crippen molar-refractivity contribution in [3.63, 3.8) is 0 Å². The van der Waals surface area contributed by atoms with Crippen molar-refractivity contribution >= 4 is 23.5 Å². The van der Waals surface area contributed by atoms with Gasteiger partial charge in [-0.15, -0.1) is 0 Å². The number of hydrogen-bond donors (Lipinski definition) is 1. The van der Waals surface area contributed by atoms with Crippen LogP contribution in [0.15, 0.2) is 34.7 Å². The van der Waals surface area contributed by atoms with Crippen molar-refractivity contribution in [1.29, 1.82) is 0 Å². The fraction of sp³-hybridized carbons (Fsp3) is 0.333. The second kappa shape index (κ2) is 8.69. The molecule has 0 radical (unpaired) electrons. The minimum atomic E-state index is -0.933. The van der Waals surface area contributed by atoms with E-state index in [-0.39, 0.29) is 31.0 Å². The molecule has 0 amide bonds. The van der Waals surface area contributed by atoms with Crippen molar-refractivity contribution in [2.24, 2.45) is 5.73 Å². The van der Waals surface area contributed by atoms with E-state index in [0.29, 0.717) is 10.8 Å². The van der Waals surface area contributed by atoms with E-state index < -0.39 is 18.0 Å². The van der Waals surface area contributed by atoms with Crippen LogP contribution < -0.4 is 5.73 Å². The molecule has 2 N–H and O–H groups in total. The van der Waals surface area contributed by atoms with Crippen LogP contribution in [0.3, 0.4) is 0 Å². The zero-order chi connectivity index (χ0) is 18.4. The number of nitrogens with two attached hydrogens (primary N) is 1. The molecule has 25 heavy (non-hydrogen) atoms. The molecule has 0 aliphatic heterocycles. The Kier molecular flexibility index (Phi) is 6.61. The van der Waals surface area contributed by atoms with Crippen LogP contribution in [0.2, 0.25) is 5.02 Å². The van der Waals surface area contributed by atoms with Gasteiger partial charge in [-0.2, -0.15) is 0 Å². The molecule has 1 unspecified atom stereocenters. The van der Waals surface area contributed by atoms with E-state index in [2.05, 4.69) is 0 Å². The van der Waals surface area contributed by atoms with Gasteiger partial charge in [0.1, 0.15) is 23.1 Å². The van der Waals surface area contributed by atoms with Gasteiger partial charge >= 0.3 is 11.9 Å². The van der Waals surface area contributed by atoms with E-state index in [1.807, 2.05) is 0 Å². The van der Waals surface area contributed by atoms with Gasteiger partial charge in [0, 0.05) is 17.0 Å². The smallest absolute Gasteiger partial charge is 0.341 e. The van der Waals surface area contributed by atoms with E-state index in [1.54, 1.807) is 44.2 Å². The van der Waals surface area contributed by atoms with Crippen LogP contribution in [0, 0.1) is 0 Å². The van der Waals surface area contributed by atoms with Gasteiger partial charge in [0.2, 0.25) is 0 Å². The Labute approximate surface area is 150 Å². The lowest BCUT2D eigenvalue weighted by Gasteiger charge is -2.09. The summed E-state index contributed by atoms with van der Waals surface area (Å²) in [7, 11) is 0. The molecule has 0 spiro atoms. The predicted molar refractivity (Wildman–Crippen MR) is 93.4 cm³/mol. The highest BCUT2D eigenvalue weighted by atomic mass is 35.5. The Balaban J connectivity index is 2.33.